The van der Waals surface area contributed by atoms with E-state index in [0.717, 1.165) is 76.9 Å². The lowest BCUT2D eigenvalue weighted by molar-refractivity contribution is -0.908. The predicted molar refractivity (Wildman–Crippen MR) is 107 cm³/mol. The summed E-state index contributed by atoms with van der Waals surface area (Å²) in [5.41, 5.74) is 0.598. The van der Waals surface area contributed by atoms with Gasteiger partial charge in [-0.05, 0) is 49.3 Å². The van der Waals surface area contributed by atoms with Gasteiger partial charge in [0.05, 0.1) is 19.8 Å². The number of nitrogens with zero attached hydrogens (tertiary/aromatic N) is 1. The summed E-state index contributed by atoms with van der Waals surface area (Å²) in [7, 11) is 0. The molecule has 2 saturated heterocycles. The highest BCUT2D eigenvalue weighted by Crippen LogP contribution is 2.22. The summed E-state index contributed by atoms with van der Waals surface area (Å²) in [6.07, 6.45) is 2.67. The fourth-order valence-electron chi connectivity index (χ4n) is 3.75. The zero-order valence-electron chi connectivity index (χ0n) is 15.7. The Morgan fingerprint density at radius 2 is 1.89 bits per heavy atom. The van der Waals surface area contributed by atoms with E-state index in [-0.39, 0.29) is 17.5 Å². The zero-order valence-corrected chi connectivity index (χ0v) is 16.5. The lowest BCUT2D eigenvalue weighted by Gasteiger charge is -2.33. The Hall–Kier alpha value is -1.57. The van der Waals surface area contributed by atoms with Gasteiger partial charge in [-0.25, -0.2) is 4.39 Å². The van der Waals surface area contributed by atoms with E-state index in [1.165, 1.54) is 12.1 Å². The normalized spacial score (nSPS) is 19.1. The first kappa shape index (κ1) is 20.2. The largest absolute Gasteiger partial charge is 0.370 e. The number of Topliss-reactive ketones (excluding diaryl/α,β-unsaturated/α-hetero) is 1. The molecule has 27 heavy (non-hydrogen) atoms. The van der Waals surface area contributed by atoms with Gasteiger partial charge >= 0.3 is 0 Å². The minimum absolute atomic E-state index is 0.000526. The first-order valence-electron chi connectivity index (χ1n) is 9.87. The molecule has 0 atom stereocenters. The lowest BCUT2D eigenvalue weighted by Crippen LogP contribution is -3.14. The molecule has 1 aromatic rings. The fraction of sp³-hybridized carbons (Fsp3) is 0.600. The van der Waals surface area contributed by atoms with Crippen molar-refractivity contribution in [2.24, 2.45) is 5.92 Å². The van der Waals surface area contributed by atoms with Gasteiger partial charge in [-0.1, -0.05) is 0 Å². The number of piperidine rings is 1. The van der Waals surface area contributed by atoms with Crippen LogP contribution in [0.25, 0.3) is 0 Å². The van der Waals surface area contributed by atoms with E-state index in [0.29, 0.717) is 5.56 Å². The summed E-state index contributed by atoms with van der Waals surface area (Å²) < 4.78 is 18.4. The second kappa shape index (κ2) is 10.1. The number of rotatable bonds is 6. The number of ketones is 1. The molecule has 2 aliphatic heterocycles. The number of carbonyl (C=O) groups excluding carboxylic acids is 1. The minimum Gasteiger partial charge on any atom is -0.370 e. The fourth-order valence-corrected chi connectivity index (χ4v) is 4.03. The second-order valence-corrected chi connectivity index (χ2v) is 7.72. The molecule has 1 aromatic carbocycles. The van der Waals surface area contributed by atoms with Gasteiger partial charge < -0.3 is 19.9 Å². The number of likely N-dealkylation sites (tertiary alicyclic amines) is 1. The van der Waals surface area contributed by atoms with Crippen molar-refractivity contribution in [2.75, 3.05) is 52.5 Å². The Labute approximate surface area is 165 Å². The molecule has 2 aliphatic rings. The van der Waals surface area contributed by atoms with Crippen LogP contribution in [0.5, 0.6) is 0 Å². The molecule has 2 fully saturated rings. The van der Waals surface area contributed by atoms with Gasteiger partial charge in [0.15, 0.2) is 10.9 Å². The third-order valence-electron chi connectivity index (χ3n) is 5.46. The van der Waals surface area contributed by atoms with Crippen LogP contribution in [0.2, 0.25) is 0 Å². The maximum absolute atomic E-state index is 13.0. The van der Waals surface area contributed by atoms with Gasteiger partial charge in [0.25, 0.3) is 0 Å². The highest BCUT2D eigenvalue weighted by atomic mass is 32.1. The predicted octanol–water partition coefficient (Wildman–Crippen LogP) is 0.900. The summed E-state index contributed by atoms with van der Waals surface area (Å²) >= 11 is 5.52. The molecular formula is C20H29FN3O2S+. The summed E-state index contributed by atoms with van der Waals surface area (Å²) in [5, 5.41) is 4.15. The van der Waals surface area contributed by atoms with Crippen LogP contribution in [0.15, 0.2) is 24.3 Å². The number of carbonyl (C=O) groups is 1. The van der Waals surface area contributed by atoms with Gasteiger partial charge in [-0.15, -0.1) is 0 Å². The van der Waals surface area contributed by atoms with Crippen molar-refractivity contribution in [3.05, 3.63) is 35.6 Å². The Balaban J connectivity index is 1.35. The summed E-state index contributed by atoms with van der Waals surface area (Å²) in [6.45, 7) is 7.54. The molecule has 0 bridgehead atoms. The third kappa shape index (κ3) is 5.96. The number of hydrogen-bond donors (Lipinski definition) is 2. The highest BCUT2D eigenvalue weighted by molar-refractivity contribution is 7.80. The van der Waals surface area contributed by atoms with E-state index in [4.69, 9.17) is 17.0 Å². The third-order valence-corrected chi connectivity index (χ3v) is 5.87. The standard InChI is InChI=1S/C20H28FN3O2S/c21-18-4-2-16(3-5-18)19(25)17-6-10-24(11-7-17)20(27)22-8-1-9-23-12-14-26-15-13-23/h2-5,17H,1,6-15H2,(H,22,27)/p+1. The molecule has 5 nitrogen and oxygen atoms in total. The van der Waals surface area contributed by atoms with E-state index in [9.17, 15) is 9.18 Å². The van der Waals surface area contributed by atoms with Crippen molar-refractivity contribution in [3.63, 3.8) is 0 Å². The molecular weight excluding hydrogens is 365 g/mol. The Morgan fingerprint density at radius 3 is 2.56 bits per heavy atom. The minimum atomic E-state index is -0.312. The van der Waals surface area contributed by atoms with Gasteiger partial charge in [-0.2, -0.15) is 0 Å². The Bertz CT molecular complexity index is 627. The monoisotopic (exact) mass is 394 g/mol. The SMILES string of the molecule is O=C(c1ccc(F)cc1)C1CCN(C(=S)NCCC[NH+]2CCOCC2)CC1. The molecule has 0 aliphatic carbocycles. The van der Waals surface area contributed by atoms with Gasteiger partial charge in [0.1, 0.15) is 18.9 Å². The maximum Gasteiger partial charge on any atom is 0.168 e. The lowest BCUT2D eigenvalue weighted by atomic mass is 9.89. The molecule has 3 rings (SSSR count). The van der Waals surface area contributed by atoms with Crippen molar-refractivity contribution in [1.82, 2.24) is 10.2 Å². The van der Waals surface area contributed by atoms with Gasteiger partial charge in [0.2, 0.25) is 0 Å². The number of benzene rings is 1. The first-order valence-corrected chi connectivity index (χ1v) is 10.3. The van der Waals surface area contributed by atoms with Gasteiger partial charge in [0, 0.05) is 37.5 Å². The van der Waals surface area contributed by atoms with Crippen molar-refractivity contribution in [3.8, 4) is 0 Å². The quantitative estimate of drug-likeness (QED) is 0.427. The topological polar surface area (TPSA) is 46.0 Å². The summed E-state index contributed by atoms with van der Waals surface area (Å²) in [5.74, 6) is -0.200. The average molecular weight is 395 g/mol. The average Bonchev–Trinajstić information content (AvgIpc) is 2.72. The Morgan fingerprint density at radius 1 is 1.22 bits per heavy atom. The Kier molecular flexibility index (Phi) is 7.55. The molecule has 7 heteroatoms. The van der Waals surface area contributed by atoms with E-state index in [1.807, 2.05) is 0 Å². The molecule has 0 aromatic heterocycles. The van der Waals surface area contributed by atoms with Crippen LogP contribution >= 0.6 is 12.2 Å². The van der Waals surface area contributed by atoms with Crippen molar-refractivity contribution < 1.29 is 18.8 Å². The maximum atomic E-state index is 13.0. The molecule has 2 N–H and O–H groups in total. The van der Waals surface area contributed by atoms with Crippen LogP contribution in [0.4, 0.5) is 4.39 Å². The molecule has 0 amide bonds. The molecule has 148 valence electrons. The number of halogens is 1. The van der Waals surface area contributed by atoms with Crippen LogP contribution in [-0.4, -0.2) is 68.3 Å². The second-order valence-electron chi connectivity index (χ2n) is 7.33. The molecule has 0 saturated carbocycles. The van der Waals surface area contributed by atoms with Crippen LogP contribution in [-0.2, 0) is 4.74 Å². The molecule has 2 heterocycles. The number of nitrogens with one attached hydrogen (secondary N) is 2. The van der Waals surface area contributed by atoms with Crippen LogP contribution in [0, 0.1) is 11.7 Å². The molecule has 0 spiro atoms. The number of thiocarbonyl (C=S) groups is 1. The summed E-state index contributed by atoms with van der Waals surface area (Å²) in [4.78, 5) is 16.3. The number of ether oxygens (including phenoxy) is 1. The zero-order chi connectivity index (χ0) is 19.1. The molecule has 0 unspecified atom stereocenters. The number of hydrogen-bond acceptors (Lipinski definition) is 3. The van der Waals surface area contributed by atoms with Gasteiger partial charge in [-0.3, -0.25) is 4.79 Å². The van der Waals surface area contributed by atoms with Crippen LogP contribution in [0.1, 0.15) is 29.6 Å². The van der Waals surface area contributed by atoms with Crippen LogP contribution in [0.3, 0.4) is 0 Å². The number of morpholine rings is 1. The van der Waals surface area contributed by atoms with E-state index in [2.05, 4.69) is 10.2 Å². The first-order chi connectivity index (χ1) is 13.1. The van der Waals surface area contributed by atoms with E-state index in [1.54, 1.807) is 17.0 Å². The molecule has 0 radical (unpaired) electrons. The highest BCUT2D eigenvalue weighted by Gasteiger charge is 2.26. The number of quaternary nitrogens is 1. The van der Waals surface area contributed by atoms with Crippen molar-refractivity contribution in [2.45, 2.75) is 19.3 Å². The van der Waals surface area contributed by atoms with Crippen molar-refractivity contribution in [1.29, 1.82) is 0 Å². The summed E-state index contributed by atoms with van der Waals surface area (Å²) in [6, 6.07) is 5.85. The van der Waals surface area contributed by atoms with E-state index >= 15 is 0 Å². The van der Waals surface area contributed by atoms with Crippen molar-refractivity contribution >= 4 is 23.1 Å². The smallest absolute Gasteiger partial charge is 0.168 e. The van der Waals surface area contributed by atoms with E-state index < -0.39 is 0 Å². The van der Waals surface area contributed by atoms with Crippen LogP contribution < -0.4 is 10.2 Å².